The topological polar surface area (TPSA) is 78.9 Å². The van der Waals surface area contributed by atoms with Gasteiger partial charge in [0, 0.05) is 6.54 Å². The van der Waals surface area contributed by atoms with E-state index in [9.17, 15) is 9.59 Å². The van der Waals surface area contributed by atoms with Crippen molar-refractivity contribution in [3.63, 3.8) is 0 Å². The van der Waals surface area contributed by atoms with Crippen molar-refractivity contribution < 1.29 is 19.4 Å². The lowest BCUT2D eigenvalue weighted by molar-refractivity contribution is -0.142. The van der Waals surface area contributed by atoms with Crippen LogP contribution in [0.1, 0.15) is 45.4 Å². The van der Waals surface area contributed by atoms with E-state index in [0.717, 1.165) is 12.8 Å². The van der Waals surface area contributed by atoms with E-state index in [0.29, 0.717) is 38.1 Å². The highest BCUT2D eigenvalue weighted by Gasteiger charge is 2.31. The lowest BCUT2D eigenvalue weighted by Gasteiger charge is -2.28. The number of hydrogen-bond acceptors (Lipinski definition) is 4. The Morgan fingerprint density at radius 3 is 2.73 bits per heavy atom. The Bertz CT molecular complexity index is 388. The minimum absolute atomic E-state index is 0.117. The van der Waals surface area contributed by atoms with E-state index in [1.807, 2.05) is 0 Å². The lowest BCUT2D eigenvalue weighted by Crippen LogP contribution is -2.43. The van der Waals surface area contributed by atoms with Crippen LogP contribution in [0.15, 0.2) is 0 Å². The highest BCUT2D eigenvalue weighted by Crippen LogP contribution is 2.25. The third-order valence-electron chi connectivity index (χ3n) is 4.78. The number of carbonyl (C=O) groups excluding carboxylic acids is 1. The zero-order valence-electron chi connectivity index (χ0n) is 13.4. The molecule has 1 amide bonds. The van der Waals surface area contributed by atoms with Crippen LogP contribution in [0.3, 0.4) is 0 Å². The van der Waals surface area contributed by atoms with E-state index < -0.39 is 12.0 Å². The molecule has 2 N–H and O–H groups in total. The van der Waals surface area contributed by atoms with Gasteiger partial charge < -0.3 is 15.2 Å². The van der Waals surface area contributed by atoms with Gasteiger partial charge in [-0.1, -0.05) is 19.8 Å². The molecule has 0 unspecified atom stereocenters. The number of ether oxygens (including phenoxy) is 1. The molecular weight excluding hydrogens is 284 g/mol. The summed E-state index contributed by atoms with van der Waals surface area (Å²) in [4.78, 5) is 24.7. The molecule has 2 aliphatic rings. The van der Waals surface area contributed by atoms with Gasteiger partial charge in [-0.25, -0.2) is 0 Å². The molecule has 0 spiro atoms. The minimum Gasteiger partial charge on any atom is -0.480 e. The van der Waals surface area contributed by atoms with Crippen LogP contribution in [-0.4, -0.2) is 60.3 Å². The monoisotopic (exact) mass is 312 g/mol. The Morgan fingerprint density at radius 1 is 1.23 bits per heavy atom. The molecule has 0 radical (unpaired) electrons. The second kappa shape index (κ2) is 8.48. The first kappa shape index (κ1) is 17.2. The Kier molecular flexibility index (Phi) is 6.64. The highest BCUT2D eigenvalue weighted by atomic mass is 16.5. The average molecular weight is 312 g/mol. The predicted octanol–water partition coefficient (Wildman–Crippen LogP) is 1.25. The zero-order valence-corrected chi connectivity index (χ0v) is 13.4. The standard InChI is InChI=1S/C16H28N2O4/c1-12-5-2-3-7-14(12)22-10-8-17-15(19)11-18-9-4-6-13(18)16(20)21/h12-14H,2-11H2,1H3,(H,17,19)(H,20,21)/t12-,13-,14-/m1/s1. The van der Waals surface area contributed by atoms with Gasteiger partial charge in [-0.2, -0.15) is 0 Å². The summed E-state index contributed by atoms with van der Waals surface area (Å²) in [5.74, 6) is -0.348. The molecule has 1 aliphatic carbocycles. The number of rotatable bonds is 7. The molecule has 126 valence electrons. The number of hydrogen-bond donors (Lipinski definition) is 2. The van der Waals surface area contributed by atoms with Crippen LogP contribution in [0.4, 0.5) is 0 Å². The number of nitrogens with zero attached hydrogens (tertiary/aromatic N) is 1. The maximum atomic E-state index is 11.9. The number of nitrogens with one attached hydrogen (secondary N) is 1. The van der Waals surface area contributed by atoms with Crippen LogP contribution in [0.2, 0.25) is 0 Å². The van der Waals surface area contributed by atoms with Crippen molar-refractivity contribution in [3.8, 4) is 0 Å². The molecule has 0 aromatic heterocycles. The Balaban J connectivity index is 1.60. The summed E-state index contributed by atoms with van der Waals surface area (Å²) in [7, 11) is 0. The van der Waals surface area contributed by atoms with Crippen molar-refractivity contribution in [2.75, 3.05) is 26.2 Å². The third-order valence-corrected chi connectivity index (χ3v) is 4.78. The molecule has 3 atom stereocenters. The van der Waals surface area contributed by atoms with Crippen LogP contribution < -0.4 is 5.32 Å². The van der Waals surface area contributed by atoms with Crippen molar-refractivity contribution in [1.29, 1.82) is 0 Å². The van der Waals surface area contributed by atoms with Crippen LogP contribution in [0, 0.1) is 5.92 Å². The van der Waals surface area contributed by atoms with Gasteiger partial charge in [-0.15, -0.1) is 0 Å². The predicted molar refractivity (Wildman–Crippen MR) is 82.6 cm³/mol. The summed E-state index contributed by atoms with van der Waals surface area (Å²) >= 11 is 0. The largest absolute Gasteiger partial charge is 0.480 e. The fourth-order valence-electron chi connectivity index (χ4n) is 3.47. The quantitative estimate of drug-likeness (QED) is 0.692. The average Bonchev–Trinajstić information content (AvgIpc) is 2.93. The van der Waals surface area contributed by atoms with E-state index in [1.54, 1.807) is 4.90 Å². The van der Waals surface area contributed by atoms with Gasteiger partial charge in [-0.3, -0.25) is 14.5 Å². The maximum Gasteiger partial charge on any atom is 0.320 e. The number of carboxylic acid groups (broad SMARTS) is 1. The van der Waals surface area contributed by atoms with E-state index in [4.69, 9.17) is 9.84 Å². The molecule has 0 aromatic rings. The summed E-state index contributed by atoms with van der Waals surface area (Å²) in [6, 6.07) is -0.509. The first-order valence-corrected chi connectivity index (χ1v) is 8.43. The van der Waals surface area contributed by atoms with Gasteiger partial charge in [0.15, 0.2) is 0 Å². The van der Waals surface area contributed by atoms with Gasteiger partial charge in [0.1, 0.15) is 6.04 Å². The Morgan fingerprint density at radius 2 is 2.00 bits per heavy atom. The molecule has 2 rings (SSSR count). The van der Waals surface area contributed by atoms with Gasteiger partial charge in [0.25, 0.3) is 0 Å². The maximum absolute atomic E-state index is 11.9. The number of aliphatic carboxylic acids is 1. The fourth-order valence-corrected chi connectivity index (χ4v) is 3.47. The van der Waals surface area contributed by atoms with Gasteiger partial charge in [0.05, 0.1) is 19.3 Å². The second-order valence-corrected chi connectivity index (χ2v) is 6.49. The molecule has 1 aliphatic heterocycles. The Hall–Kier alpha value is -1.14. The molecular formula is C16H28N2O4. The fraction of sp³-hybridized carbons (Fsp3) is 0.875. The smallest absolute Gasteiger partial charge is 0.320 e. The third kappa shape index (κ3) is 4.95. The molecule has 2 fully saturated rings. The van der Waals surface area contributed by atoms with Gasteiger partial charge in [0.2, 0.25) is 5.91 Å². The molecule has 6 nitrogen and oxygen atoms in total. The zero-order chi connectivity index (χ0) is 15.9. The van der Waals surface area contributed by atoms with E-state index in [2.05, 4.69) is 12.2 Å². The van der Waals surface area contributed by atoms with Crippen LogP contribution in [0.25, 0.3) is 0 Å². The highest BCUT2D eigenvalue weighted by molar-refractivity contribution is 5.80. The Labute approximate surface area is 132 Å². The summed E-state index contributed by atoms with van der Waals surface area (Å²) in [5.41, 5.74) is 0. The number of carbonyl (C=O) groups is 2. The molecule has 0 bridgehead atoms. The molecule has 6 heteroatoms. The van der Waals surface area contributed by atoms with E-state index in [-0.39, 0.29) is 12.5 Å². The number of amides is 1. The van der Waals surface area contributed by atoms with Crippen molar-refractivity contribution in [3.05, 3.63) is 0 Å². The second-order valence-electron chi connectivity index (χ2n) is 6.49. The van der Waals surface area contributed by atoms with Crippen molar-refractivity contribution >= 4 is 11.9 Å². The number of carboxylic acids is 1. The molecule has 1 heterocycles. The summed E-state index contributed by atoms with van der Waals surface area (Å²) < 4.78 is 5.85. The van der Waals surface area contributed by atoms with Gasteiger partial charge >= 0.3 is 5.97 Å². The van der Waals surface area contributed by atoms with Crippen molar-refractivity contribution in [2.24, 2.45) is 5.92 Å². The first-order chi connectivity index (χ1) is 10.6. The van der Waals surface area contributed by atoms with E-state index >= 15 is 0 Å². The van der Waals surface area contributed by atoms with Crippen molar-refractivity contribution in [2.45, 2.75) is 57.6 Å². The SMILES string of the molecule is C[C@@H]1CCCC[C@H]1OCCNC(=O)CN1CCC[C@@H]1C(=O)O. The lowest BCUT2D eigenvalue weighted by atomic mass is 9.88. The van der Waals surface area contributed by atoms with Gasteiger partial charge in [-0.05, 0) is 38.1 Å². The van der Waals surface area contributed by atoms with Crippen LogP contribution in [0.5, 0.6) is 0 Å². The van der Waals surface area contributed by atoms with Crippen molar-refractivity contribution in [1.82, 2.24) is 10.2 Å². The molecule has 1 saturated carbocycles. The number of likely N-dealkylation sites (tertiary alicyclic amines) is 1. The first-order valence-electron chi connectivity index (χ1n) is 8.43. The van der Waals surface area contributed by atoms with Crippen LogP contribution in [-0.2, 0) is 14.3 Å². The summed E-state index contributed by atoms with van der Waals surface area (Å²) in [5, 5.41) is 11.9. The van der Waals surface area contributed by atoms with Crippen LogP contribution >= 0.6 is 0 Å². The molecule has 1 saturated heterocycles. The molecule has 22 heavy (non-hydrogen) atoms. The molecule has 0 aromatic carbocycles. The summed E-state index contributed by atoms with van der Waals surface area (Å²) in [6.45, 7) is 4.09. The minimum atomic E-state index is -0.833. The summed E-state index contributed by atoms with van der Waals surface area (Å²) in [6.07, 6.45) is 6.65. The van der Waals surface area contributed by atoms with E-state index in [1.165, 1.54) is 19.3 Å². The normalized spacial score (nSPS) is 29.4.